The van der Waals surface area contributed by atoms with E-state index >= 15 is 0 Å². The summed E-state index contributed by atoms with van der Waals surface area (Å²) in [5.41, 5.74) is 1.06. The quantitative estimate of drug-likeness (QED) is 0.310. The van der Waals surface area contributed by atoms with Gasteiger partial charge in [-0.1, -0.05) is 67.9 Å². The van der Waals surface area contributed by atoms with E-state index in [-0.39, 0.29) is 0 Å². The molecule has 3 rings (SSSR count). The van der Waals surface area contributed by atoms with Gasteiger partial charge in [-0.25, -0.2) is 9.99 Å². The maximum absolute atomic E-state index is 4.81. The second-order valence-corrected chi connectivity index (χ2v) is 6.67. The van der Waals surface area contributed by atoms with Gasteiger partial charge < -0.3 is 0 Å². The van der Waals surface area contributed by atoms with Crippen LogP contribution in [0.1, 0.15) is 39.5 Å². The molecule has 1 heterocycles. The van der Waals surface area contributed by atoms with Crippen LogP contribution in [0.25, 0.3) is 21.0 Å². The summed E-state index contributed by atoms with van der Waals surface area (Å²) in [5, 5.41) is 10.1. The number of unbranched alkanes of at least 4 members (excludes halogenated alkanes) is 3. The number of hydrogen-bond acceptors (Lipinski definition) is 4. The number of anilines is 1. The van der Waals surface area contributed by atoms with Crippen LogP contribution in [0.15, 0.2) is 41.5 Å². The van der Waals surface area contributed by atoms with Crippen LogP contribution in [0.5, 0.6) is 0 Å². The van der Waals surface area contributed by atoms with E-state index in [0.29, 0.717) is 0 Å². The Labute approximate surface area is 141 Å². The molecular formula is C19H23N3S. The first-order valence-corrected chi connectivity index (χ1v) is 9.19. The molecule has 0 saturated carbocycles. The smallest absolute Gasteiger partial charge is 0.207 e. The average Bonchev–Trinajstić information content (AvgIpc) is 3.02. The second kappa shape index (κ2) is 7.55. The predicted molar refractivity (Wildman–Crippen MR) is 103 cm³/mol. The highest BCUT2D eigenvalue weighted by atomic mass is 32.1. The highest BCUT2D eigenvalue weighted by molar-refractivity contribution is 7.23. The van der Waals surface area contributed by atoms with Crippen molar-refractivity contribution in [1.29, 1.82) is 0 Å². The maximum atomic E-state index is 4.81. The fourth-order valence-corrected chi connectivity index (χ4v) is 3.87. The van der Waals surface area contributed by atoms with E-state index in [9.17, 15) is 0 Å². The van der Waals surface area contributed by atoms with E-state index in [1.807, 2.05) is 13.1 Å². The normalized spacial score (nSPS) is 11.7. The summed E-state index contributed by atoms with van der Waals surface area (Å²) in [6.07, 6.45) is 6.80. The van der Waals surface area contributed by atoms with Crippen LogP contribution in [0.3, 0.4) is 0 Å². The van der Waals surface area contributed by atoms with E-state index in [4.69, 9.17) is 4.98 Å². The number of hydrogen-bond donors (Lipinski definition) is 0. The molecular weight excluding hydrogens is 302 g/mol. The molecule has 0 saturated heterocycles. The van der Waals surface area contributed by atoms with Crippen LogP contribution >= 0.6 is 11.3 Å². The molecule has 0 bridgehead atoms. The minimum atomic E-state index is 0.933. The fraction of sp³-hybridized carbons (Fsp3) is 0.368. The first-order chi connectivity index (χ1) is 11.3. The number of fused-ring (bicyclic) bond motifs is 3. The predicted octanol–water partition coefficient (Wildman–Crippen LogP) is 5.84. The standard InChI is InChI=1S/C19H23N3S/c1-3-5-6-9-14-22(20-4-2)19-21-17-13-12-15-10-7-8-11-16(15)18(17)23-19/h4,7-8,10-13H,3,5-6,9,14H2,1-2H3/b20-4+. The molecule has 0 radical (unpaired) electrons. The molecule has 0 aliphatic rings. The van der Waals surface area contributed by atoms with Gasteiger partial charge in [-0.15, -0.1) is 0 Å². The van der Waals surface area contributed by atoms with Gasteiger partial charge in [-0.2, -0.15) is 5.10 Å². The molecule has 1 aromatic heterocycles. The van der Waals surface area contributed by atoms with Crippen molar-refractivity contribution >= 4 is 43.7 Å². The molecule has 0 unspecified atom stereocenters. The summed E-state index contributed by atoms with van der Waals surface area (Å²) in [5.74, 6) is 0. The summed E-state index contributed by atoms with van der Waals surface area (Å²) >= 11 is 1.74. The van der Waals surface area contributed by atoms with Crippen LogP contribution in [0, 0.1) is 0 Å². The van der Waals surface area contributed by atoms with Crippen LogP contribution < -0.4 is 5.01 Å². The third-order valence-corrected chi connectivity index (χ3v) is 5.09. The summed E-state index contributed by atoms with van der Waals surface area (Å²) < 4.78 is 1.25. The summed E-state index contributed by atoms with van der Waals surface area (Å²) in [6.45, 7) is 5.13. The van der Waals surface area contributed by atoms with E-state index in [2.05, 4.69) is 53.4 Å². The molecule has 0 fully saturated rings. The molecule has 3 nitrogen and oxygen atoms in total. The molecule has 0 aliphatic heterocycles. The van der Waals surface area contributed by atoms with E-state index in [0.717, 1.165) is 23.6 Å². The highest BCUT2D eigenvalue weighted by Gasteiger charge is 2.12. The maximum Gasteiger partial charge on any atom is 0.207 e. The van der Waals surface area contributed by atoms with Crippen molar-refractivity contribution in [3.8, 4) is 0 Å². The lowest BCUT2D eigenvalue weighted by Gasteiger charge is -2.15. The third-order valence-electron chi connectivity index (χ3n) is 3.97. The number of aromatic nitrogens is 1. The van der Waals surface area contributed by atoms with Gasteiger partial charge in [0.25, 0.3) is 0 Å². The zero-order chi connectivity index (χ0) is 16.1. The molecule has 23 heavy (non-hydrogen) atoms. The van der Waals surface area contributed by atoms with Gasteiger partial charge >= 0.3 is 0 Å². The number of benzene rings is 2. The lowest BCUT2D eigenvalue weighted by Crippen LogP contribution is -2.17. The lowest BCUT2D eigenvalue weighted by molar-refractivity contribution is 0.651. The molecule has 0 N–H and O–H groups in total. The van der Waals surface area contributed by atoms with Crippen LogP contribution in [0.2, 0.25) is 0 Å². The van der Waals surface area contributed by atoms with Crippen LogP contribution in [-0.4, -0.2) is 17.7 Å². The van der Waals surface area contributed by atoms with Crippen molar-refractivity contribution in [3.05, 3.63) is 36.4 Å². The topological polar surface area (TPSA) is 28.5 Å². The molecule has 0 amide bonds. The monoisotopic (exact) mass is 325 g/mol. The molecule has 120 valence electrons. The van der Waals surface area contributed by atoms with Crippen LogP contribution in [-0.2, 0) is 0 Å². The molecule has 0 atom stereocenters. The van der Waals surface area contributed by atoms with Crippen molar-refractivity contribution in [1.82, 2.24) is 4.98 Å². The van der Waals surface area contributed by atoms with Crippen molar-refractivity contribution in [3.63, 3.8) is 0 Å². The van der Waals surface area contributed by atoms with Gasteiger partial charge in [0.05, 0.1) is 10.2 Å². The molecule has 0 aliphatic carbocycles. The lowest BCUT2D eigenvalue weighted by atomic mass is 10.1. The Morgan fingerprint density at radius 3 is 2.83 bits per heavy atom. The first-order valence-electron chi connectivity index (χ1n) is 8.38. The Kier molecular flexibility index (Phi) is 5.23. The number of thiazole rings is 1. The zero-order valence-corrected chi connectivity index (χ0v) is 14.6. The van der Waals surface area contributed by atoms with Gasteiger partial charge in [-0.05, 0) is 24.8 Å². The first kappa shape index (κ1) is 15.9. The van der Waals surface area contributed by atoms with Crippen LogP contribution in [0.4, 0.5) is 5.13 Å². The van der Waals surface area contributed by atoms with E-state index in [1.165, 1.54) is 34.7 Å². The molecule has 4 heteroatoms. The minimum absolute atomic E-state index is 0.933. The van der Waals surface area contributed by atoms with E-state index in [1.54, 1.807) is 11.3 Å². The van der Waals surface area contributed by atoms with Gasteiger partial charge in [0, 0.05) is 18.1 Å². The van der Waals surface area contributed by atoms with E-state index < -0.39 is 0 Å². The average molecular weight is 325 g/mol. The second-order valence-electron chi connectivity index (χ2n) is 5.69. The number of nitrogens with zero attached hydrogens (tertiary/aromatic N) is 3. The van der Waals surface area contributed by atoms with Crippen molar-refractivity contribution in [2.75, 3.05) is 11.6 Å². The SMILES string of the molecule is C/C=N/N(CCCCCC)c1nc2ccc3ccccc3c2s1. The highest BCUT2D eigenvalue weighted by Crippen LogP contribution is 2.34. The van der Waals surface area contributed by atoms with Crippen molar-refractivity contribution in [2.24, 2.45) is 5.10 Å². The largest absolute Gasteiger partial charge is 0.239 e. The number of rotatable bonds is 7. The summed E-state index contributed by atoms with van der Waals surface area (Å²) in [6, 6.07) is 12.8. The third kappa shape index (κ3) is 3.53. The Morgan fingerprint density at radius 1 is 1.13 bits per heavy atom. The number of hydrazone groups is 1. The van der Waals surface area contributed by atoms with Crippen molar-refractivity contribution in [2.45, 2.75) is 39.5 Å². The Hall–Kier alpha value is -1.94. The van der Waals surface area contributed by atoms with Gasteiger partial charge in [0.2, 0.25) is 5.13 Å². The van der Waals surface area contributed by atoms with Crippen molar-refractivity contribution < 1.29 is 0 Å². The fourth-order valence-electron chi connectivity index (χ4n) is 2.78. The van der Waals surface area contributed by atoms with Gasteiger partial charge in [0.15, 0.2) is 0 Å². The minimum Gasteiger partial charge on any atom is -0.239 e. The molecule has 3 aromatic rings. The Bertz CT molecular complexity index is 807. The molecule has 0 spiro atoms. The summed E-state index contributed by atoms with van der Waals surface area (Å²) in [7, 11) is 0. The van der Waals surface area contributed by atoms with Gasteiger partial charge in [-0.3, -0.25) is 0 Å². The Balaban J connectivity index is 1.92. The summed E-state index contributed by atoms with van der Waals surface area (Å²) in [4.78, 5) is 4.81. The Morgan fingerprint density at radius 2 is 2.00 bits per heavy atom. The van der Waals surface area contributed by atoms with Gasteiger partial charge in [0.1, 0.15) is 0 Å². The molecule has 2 aromatic carbocycles. The zero-order valence-electron chi connectivity index (χ0n) is 13.8.